The molecule has 1 aromatic heterocycles. The van der Waals surface area contributed by atoms with Crippen molar-refractivity contribution in [1.29, 1.82) is 0 Å². The highest BCUT2D eigenvalue weighted by atomic mass is 35.5. The molecule has 0 aliphatic heterocycles. The minimum absolute atomic E-state index is 0.00799. The molecule has 9 nitrogen and oxygen atoms in total. The first-order valence-corrected chi connectivity index (χ1v) is 8.72. The number of nitrogens with zero attached hydrogens (tertiary/aromatic N) is 3. The van der Waals surface area contributed by atoms with Crippen LogP contribution in [0.15, 0.2) is 41.5 Å². The molecular formula is C16H12ClN5O4S. The number of para-hydroxylation sites is 1. The van der Waals surface area contributed by atoms with Crippen LogP contribution in [0.25, 0.3) is 10.2 Å². The molecule has 0 radical (unpaired) electrons. The number of carbonyl (C=O) groups excluding carboxylic acids is 1. The van der Waals surface area contributed by atoms with Crippen LogP contribution in [-0.4, -0.2) is 33.7 Å². The number of phenols is 1. The van der Waals surface area contributed by atoms with Gasteiger partial charge < -0.3 is 10.4 Å². The third-order valence-electron chi connectivity index (χ3n) is 3.37. The number of phenolic OH excluding ortho intramolecular Hbond substituents is 1. The molecule has 0 aliphatic rings. The van der Waals surface area contributed by atoms with Gasteiger partial charge in [-0.1, -0.05) is 35.1 Å². The second-order valence-electron chi connectivity index (χ2n) is 5.25. The number of rotatable bonds is 6. The summed E-state index contributed by atoms with van der Waals surface area (Å²) < 4.78 is 0.997. The average Bonchev–Trinajstić information content (AvgIpc) is 3.05. The number of benzene rings is 2. The zero-order valence-electron chi connectivity index (χ0n) is 13.5. The maximum absolute atomic E-state index is 11.8. The highest BCUT2D eigenvalue weighted by Crippen LogP contribution is 2.32. The fourth-order valence-electron chi connectivity index (χ4n) is 2.16. The Labute approximate surface area is 161 Å². The van der Waals surface area contributed by atoms with Crippen LogP contribution in [0.3, 0.4) is 0 Å². The SMILES string of the molecule is O=C(CNc1nc2ccccc2s1)N/N=C\c1cc(Cl)cc([N+](=O)[O-])c1O. The predicted octanol–water partition coefficient (Wildman–Crippen LogP) is 3.13. The number of nitrogens with one attached hydrogen (secondary N) is 2. The Morgan fingerprint density at radius 2 is 2.19 bits per heavy atom. The van der Waals surface area contributed by atoms with E-state index in [9.17, 15) is 20.0 Å². The Kier molecular flexibility index (Phi) is 5.48. The summed E-state index contributed by atoms with van der Waals surface area (Å²) in [6.45, 7) is -0.0706. The lowest BCUT2D eigenvalue weighted by atomic mass is 10.2. The largest absolute Gasteiger partial charge is 0.502 e. The lowest BCUT2D eigenvalue weighted by Crippen LogP contribution is -2.25. The molecule has 0 unspecified atom stereocenters. The Balaban J connectivity index is 1.59. The van der Waals surface area contributed by atoms with Gasteiger partial charge in [-0.05, 0) is 18.2 Å². The van der Waals surface area contributed by atoms with Gasteiger partial charge in [0.15, 0.2) is 5.13 Å². The fraction of sp³-hybridized carbons (Fsp3) is 0.0625. The van der Waals surface area contributed by atoms with Gasteiger partial charge in [0.05, 0.1) is 27.9 Å². The van der Waals surface area contributed by atoms with E-state index in [1.807, 2.05) is 24.3 Å². The normalized spacial score (nSPS) is 11.0. The van der Waals surface area contributed by atoms with Crippen LogP contribution in [0.2, 0.25) is 5.02 Å². The van der Waals surface area contributed by atoms with Crippen molar-refractivity contribution < 1.29 is 14.8 Å². The number of nitro groups is 1. The lowest BCUT2D eigenvalue weighted by Gasteiger charge is -2.03. The van der Waals surface area contributed by atoms with Crippen LogP contribution in [0.5, 0.6) is 5.75 Å². The minimum Gasteiger partial charge on any atom is -0.502 e. The van der Waals surface area contributed by atoms with Crippen molar-refractivity contribution in [3.8, 4) is 5.75 Å². The molecule has 0 bridgehead atoms. The number of halogens is 1. The van der Waals surface area contributed by atoms with Crippen molar-refractivity contribution in [1.82, 2.24) is 10.4 Å². The molecule has 0 aliphatic carbocycles. The second kappa shape index (κ2) is 7.98. The van der Waals surface area contributed by atoms with Gasteiger partial charge in [0.2, 0.25) is 5.75 Å². The van der Waals surface area contributed by atoms with Gasteiger partial charge in [-0.2, -0.15) is 5.10 Å². The number of fused-ring (bicyclic) bond motifs is 1. The fourth-order valence-corrected chi connectivity index (χ4v) is 3.24. The van der Waals surface area contributed by atoms with Crippen molar-refractivity contribution in [2.45, 2.75) is 0 Å². The summed E-state index contributed by atoms with van der Waals surface area (Å²) in [5.41, 5.74) is 2.55. The molecule has 0 spiro atoms. The minimum atomic E-state index is -0.765. The van der Waals surface area contributed by atoms with Crippen LogP contribution < -0.4 is 10.7 Å². The van der Waals surface area contributed by atoms with Crippen LogP contribution in [0, 0.1) is 10.1 Å². The Morgan fingerprint density at radius 1 is 1.41 bits per heavy atom. The monoisotopic (exact) mass is 405 g/mol. The number of aromatic hydroxyl groups is 1. The molecule has 0 atom stereocenters. The van der Waals surface area contributed by atoms with Gasteiger partial charge in [-0.15, -0.1) is 0 Å². The molecule has 3 aromatic rings. The number of hydrazone groups is 1. The number of thiazole rings is 1. The summed E-state index contributed by atoms with van der Waals surface area (Å²) >= 11 is 7.19. The molecule has 1 heterocycles. The molecular weight excluding hydrogens is 394 g/mol. The summed E-state index contributed by atoms with van der Waals surface area (Å²) in [6, 6.07) is 9.90. The van der Waals surface area contributed by atoms with E-state index in [0.29, 0.717) is 5.13 Å². The molecule has 0 saturated carbocycles. The zero-order valence-corrected chi connectivity index (χ0v) is 15.1. The zero-order chi connectivity index (χ0) is 19.4. The summed E-state index contributed by atoms with van der Waals surface area (Å²) in [6.07, 6.45) is 1.07. The van der Waals surface area contributed by atoms with E-state index in [2.05, 4.69) is 20.8 Å². The van der Waals surface area contributed by atoms with E-state index in [-0.39, 0.29) is 17.1 Å². The standard InChI is InChI=1S/C16H12ClN5O4S/c17-10-5-9(15(24)12(6-10)22(25)26)7-19-21-14(23)8-18-16-20-11-3-1-2-4-13(11)27-16/h1-7,24H,8H2,(H,18,20)(H,21,23)/b19-7-. The van der Waals surface area contributed by atoms with Gasteiger partial charge in [-0.3, -0.25) is 14.9 Å². The van der Waals surface area contributed by atoms with E-state index in [0.717, 1.165) is 22.5 Å². The van der Waals surface area contributed by atoms with E-state index in [1.54, 1.807) is 0 Å². The molecule has 1 amide bonds. The number of hydrogen-bond donors (Lipinski definition) is 3. The Bertz CT molecular complexity index is 1020. The number of amides is 1. The molecule has 0 saturated heterocycles. The quantitative estimate of drug-likeness (QED) is 0.328. The Hall–Kier alpha value is -3.24. The second-order valence-corrected chi connectivity index (χ2v) is 6.72. The summed E-state index contributed by atoms with van der Waals surface area (Å²) in [4.78, 5) is 26.3. The van der Waals surface area contributed by atoms with Gasteiger partial charge in [0, 0.05) is 16.7 Å². The molecule has 138 valence electrons. The molecule has 27 heavy (non-hydrogen) atoms. The van der Waals surface area contributed by atoms with Gasteiger partial charge >= 0.3 is 5.69 Å². The number of aromatic nitrogens is 1. The maximum Gasteiger partial charge on any atom is 0.312 e. The smallest absolute Gasteiger partial charge is 0.312 e. The summed E-state index contributed by atoms with van der Waals surface area (Å²) in [5, 5.41) is 27.9. The van der Waals surface area contributed by atoms with Crippen molar-refractivity contribution in [3.05, 3.63) is 57.1 Å². The number of nitro benzene ring substituents is 1. The third-order valence-corrected chi connectivity index (χ3v) is 4.58. The average molecular weight is 406 g/mol. The van der Waals surface area contributed by atoms with Gasteiger partial charge in [-0.25, -0.2) is 10.4 Å². The van der Waals surface area contributed by atoms with Crippen LogP contribution in [0.1, 0.15) is 5.56 Å². The first-order valence-electron chi connectivity index (χ1n) is 7.52. The van der Waals surface area contributed by atoms with Crippen LogP contribution in [-0.2, 0) is 4.79 Å². The maximum atomic E-state index is 11.8. The van der Waals surface area contributed by atoms with Crippen LogP contribution >= 0.6 is 22.9 Å². The molecule has 11 heteroatoms. The van der Waals surface area contributed by atoms with E-state index >= 15 is 0 Å². The molecule has 0 fully saturated rings. The predicted molar refractivity (Wildman–Crippen MR) is 104 cm³/mol. The number of anilines is 1. The number of carbonyl (C=O) groups is 1. The summed E-state index contributed by atoms with van der Waals surface area (Å²) in [5.74, 6) is -1.04. The Morgan fingerprint density at radius 3 is 2.93 bits per heavy atom. The highest BCUT2D eigenvalue weighted by Gasteiger charge is 2.17. The third kappa shape index (κ3) is 4.49. The van der Waals surface area contributed by atoms with E-state index < -0.39 is 22.3 Å². The first kappa shape index (κ1) is 18.5. The van der Waals surface area contributed by atoms with Gasteiger partial charge in [0.1, 0.15) is 0 Å². The first-order chi connectivity index (χ1) is 12.9. The van der Waals surface area contributed by atoms with Crippen molar-refractivity contribution in [2.75, 3.05) is 11.9 Å². The number of hydrogen-bond acceptors (Lipinski definition) is 8. The van der Waals surface area contributed by atoms with Gasteiger partial charge in [0.25, 0.3) is 5.91 Å². The van der Waals surface area contributed by atoms with Crippen molar-refractivity contribution in [2.24, 2.45) is 5.10 Å². The van der Waals surface area contributed by atoms with E-state index in [1.165, 1.54) is 17.4 Å². The molecule has 2 aromatic carbocycles. The lowest BCUT2D eigenvalue weighted by molar-refractivity contribution is -0.385. The topological polar surface area (TPSA) is 130 Å². The molecule has 3 rings (SSSR count). The van der Waals surface area contributed by atoms with Crippen molar-refractivity contribution in [3.63, 3.8) is 0 Å². The van der Waals surface area contributed by atoms with Crippen molar-refractivity contribution >= 4 is 56.1 Å². The van der Waals surface area contributed by atoms with Crippen LogP contribution in [0.4, 0.5) is 10.8 Å². The molecule has 3 N–H and O–H groups in total. The summed E-state index contributed by atoms with van der Waals surface area (Å²) in [7, 11) is 0. The van der Waals surface area contributed by atoms with E-state index in [4.69, 9.17) is 11.6 Å². The highest BCUT2D eigenvalue weighted by molar-refractivity contribution is 7.22.